The Kier molecular flexibility index (Phi) is 6.58. The first-order chi connectivity index (χ1) is 16.2. The second-order valence-corrected chi connectivity index (χ2v) is 9.21. The van der Waals surface area contributed by atoms with E-state index >= 15 is 0 Å². The number of methoxy groups -OCH3 is 1. The van der Waals surface area contributed by atoms with Gasteiger partial charge in [0, 0.05) is 64.0 Å². The van der Waals surface area contributed by atoms with Crippen molar-refractivity contribution in [2.75, 3.05) is 57.9 Å². The summed E-state index contributed by atoms with van der Waals surface area (Å²) in [5.41, 5.74) is 3.87. The lowest BCUT2D eigenvalue weighted by atomic mass is 10.0. The summed E-state index contributed by atoms with van der Waals surface area (Å²) in [6, 6.07) is 15.1. The van der Waals surface area contributed by atoms with Crippen molar-refractivity contribution in [2.24, 2.45) is 0 Å². The smallest absolute Gasteiger partial charge is 0.317 e. The second-order valence-electron chi connectivity index (χ2n) is 9.21. The first-order valence-corrected chi connectivity index (χ1v) is 12.1. The van der Waals surface area contributed by atoms with Crippen LogP contribution in [-0.4, -0.2) is 74.9 Å². The third-order valence-electron chi connectivity index (χ3n) is 7.08. The molecule has 2 aromatic rings. The van der Waals surface area contributed by atoms with E-state index in [1.807, 2.05) is 17.0 Å². The number of piperidine rings is 1. The van der Waals surface area contributed by atoms with Crippen LogP contribution in [0, 0.1) is 0 Å². The summed E-state index contributed by atoms with van der Waals surface area (Å²) in [5, 5.41) is 3.28. The Hall–Kier alpha value is -2.93. The zero-order valence-corrected chi connectivity index (χ0v) is 19.5. The number of hydrogen-bond acceptors (Lipinski definition) is 5. The van der Waals surface area contributed by atoms with Gasteiger partial charge in [-0.1, -0.05) is 12.1 Å². The maximum Gasteiger partial charge on any atom is 0.317 e. The molecule has 0 unspecified atom stereocenters. The lowest BCUT2D eigenvalue weighted by Crippen LogP contribution is -2.54. The number of benzene rings is 2. The summed E-state index contributed by atoms with van der Waals surface area (Å²) in [4.78, 5) is 19.6. The zero-order valence-electron chi connectivity index (χ0n) is 19.5. The monoisotopic (exact) mass is 450 g/mol. The van der Waals surface area contributed by atoms with Crippen LogP contribution in [0.3, 0.4) is 0 Å². The number of anilines is 1. The summed E-state index contributed by atoms with van der Waals surface area (Å²) >= 11 is 0. The summed E-state index contributed by atoms with van der Waals surface area (Å²) in [7, 11) is 1.69. The SMILES string of the molecule is COc1ccc(N2CCC(NC(=O)N3CCN(Cc4ccc5c(c4)CCO5)CC3)CC2)cc1. The minimum atomic E-state index is 0.0900. The van der Waals surface area contributed by atoms with E-state index in [1.165, 1.54) is 16.8 Å². The number of piperazine rings is 1. The lowest BCUT2D eigenvalue weighted by Gasteiger charge is -2.37. The lowest BCUT2D eigenvalue weighted by molar-refractivity contribution is 0.132. The number of nitrogens with one attached hydrogen (secondary N) is 1. The zero-order chi connectivity index (χ0) is 22.6. The minimum absolute atomic E-state index is 0.0900. The van der Waals surface area contributed by atoms with Gasteiger partial charge in [0.15, 0.2) is 0 Å². The number of fused-ring (bicyclic) bond motifs is 1. The summed E-state index contributed by atoms with van der Waals surface area (Å²) in [6.07, 6.45) is 2.95. The van der Waals surface area contributed by atoms with Crippen molar-refractivity contribution in [2.45, 2.75) is 31.8 Å². The second kappa shape index (κ2) is 9.91. The van der Waals surface area contributed by atoms with Crippen LogP contribution in [0.25, 0.3) is 0 Å². The van der Waals surface area contributed by atoms with Gasteiger partial charge >= 0.3 is 6.03 Å². The number of carbonyl (C=O) groups excluding carboxylic acids is 1. The number of ether oxygens (including phenoxy) is 2. The van der Waals surface area contributed by atoms with Crippen LogP contribution in [0.1, 0.15) is 24.0 Å². The van der Waals surface area contributed by atoms with Crippen LogP contribution in [0.5, 0.6) is 11.5 Å². The van der Waals surface area contributed by atoms with E-state index in [0.717, 1.165) is 83.2 Å². The normalized spacial score (nSPS) is 19.2. The Morgan fingerprint density at radius 1 is 1.03 bits per heavy atom. The fourth-order valence-corrected chi connectivity index (χ4v) is 5.05. The van der Waals surface area contributed by atoms with Gasteiger partial charge in [-0.05, 0) is 54.3 Å². The van der Waals surface area contributed by atoms with Crippen LogP contribution in [0.4, 0.5) is 10.5 Å². The predicted octanol–water partition coefficient (Wildman–Crippen LogP) is 3.13. The van der Waals surface area contributed by atoms with Gasteiger partial charge in [0.2, 0.25) is 0 Å². The quantitative estimate of drug-likeness (QED) is 0.759. The van der Waals surface area contributed by atoms with Gasteiger partial charge in [-0.25, -0.2) is 4.79 Å². The molecule has 0 aliphatic carbocycles. The standard InChI is InChI=1S/C26H34N4O3/c1-32-24-5-3-23(4-6-24)29-11-8-22(9-12-29)27-26(31)30-15-13-28(14-16-30)19-20-2-7-25-21(18-20)10-17-33-25/h2-7,18,22H,8-17,19H2,1H3,(H,27,31). The molecule has 1 N–H and O–H groups in total. The molecule has 0 spiro atoms. The third kappa shape index (κ3) is 5.19. The Morgan fingerprint density at radius 3 is 2.52 bits per heavy atom. The van der Waals surface area contributed by atoms with E-state index in [-0.39, 0.29) is 12.1 Å². The Bertz CT molecular complexity index is 949. The molecule has 7 heteroatoms. The van der Waals surface area contributed by atoms with Gasteiger partial charge in [0.1, 0.15) is 11.5 Å². The van der Waals surface area contributed by atoms with Gasteiger partial charge in [-0.2, -0.15) is 0 Å². The molecule has 0 radical (unpaired) electrons. The van der Waals surface area contributed by atoms with Crippen molar-refractivity contribution in [1.82, 2.24) is 15.1 Å². The Labute approximate surface area is 196 Å². The van der Waals surface area contributed by atoms with E-state index in [1.54, 1.807) is 7.11 Å². The number of carbonyl (C=O) groups is 1. The molecule has 2 saturated heterocycles. The molecular formula is C26H34N4O3. The first-order valence-electron chi connectivity index (χ1n) is 12.1. The highest BCUT2D eigenvalue weighted by Crippen LogP contribution is 2.27. The van der Waals surface area contributed by atoms with E-state index in [2.05, 4.69) is 45.4 Å². The fourth-order valence-electron chi connectivity index (χ4n) is 5.05. The van der Waals surface area contributed by atoms with Crippen molar-refractivity contribution < 1.29 is 14.3 Å². The van der Waals surface area contributed by atoms with Crippen molar-refractivity contribution in [3.05, 3.63) is 53.6 Å². The van der Waals surface area contributed by atoms with Gasteiger partial charge in [0.05, 0.1) is 13.7 Å². The van der Waals surface area contributed by atoms with Gasteiger partial charge in [0.25, 0.3) is 0 Å². The largest absolute Gasteiger partial charge is 0.497 e. The van der Waals surface area contributed by atoms with Crippen LogP contribution >= 0.6 is 0 Å². The molecule has 2 fully saturated rings. The molecule has 3 aliphatic rings. The average molecular weight is 451 g/mol. The van der Waals surface area contributed by atoms with Gasteiger partial charge in [-0.15, -0.1) is 0 Å². The number of hydrogen-bond donors (Lipinski definition) is 1. The molecule has 0 bridgehead atoms. The molecule has 176 valence electrons. The Balaban J connectivity index is 1.04. The summed E-state index contributed by atoms with van der Waals surface area (Å²) in [5.74, 6) is 1.91. The molecule has 7 nitrogen and oxygen atoms in total. The van der Waals surface area contributed by atoms with Crippen LogP contribution in [0.2, 0.25) is 0 Å². The van der Waals surface area contributed by atoms with E-state index in [0.29, 0.717) is 0 Å². The molecule has 5 rings (SSSR count). The maximum absolute atomic E-state index is 12.8. The number of amides is 2. The molecule has 0 aromatic heterocycles. The molecule has 0 saturated carbocycles. The molecular weight excluding hydrogens is 416 g/mol. The minimum Gasteiger partial charge on any atom is -0.497 e. The summed E-state index contributed by atoms with van der Waals surface area (Å²) < 4.78 is 10.9. The topological polar surface area (TPSA) is 57.3 Å². The fraction of sp³-hybridized carbons (Fsp3) is 0.500. The molecule has 0 atom stereocenters. The van der Waals surface area contributed by atoms with Gasteiger partial charge < -0.3 is 24.6 Å². The van der Waals surface area contributed by atoms with E-state index < -0.39 is 0 Å². The van der Waals surface area contributed by atoms with Crippen LogP contribution in [0.15, 0.2) is 42.5 Å². The number of rotatable bonds is 5. The molecule has 3 aliphatic heterocycles. The third-order valence-corrected chi connectivity index (χ3v) is 7.08. The average Bonchev–Trinajstić information content (AvgIpc) is 3.33. The first kappa shape index (κ1) is 21.9. The highest BCUT2D eigenvalue weighted by molar-refractivity contribution is 5.74. The van der Waals surface area contributed by atoms with E-state index in [4.69, 9.17) is 9.47 Å². The highest BCUT2D eigenvalue weighted by atomic mass is 16.5. The van der Waals surface area contributed by atoms with Crippen molar-refractivity contribution in [3.63, 3.8) is 0 Å². The van der Waals surface area contributed by atoms with Crippen molar-refractivity contribution in [3.8, 4) is 11.5 Å². The summed E-state index contributed by atoms with van der Waals surface area (Å²) in [6.45, 7) is 7.04. The number of urea groups is 1. The maximum atomic E-state index is 12.8. The van der Waals surface area contributed by atoms with Crippen LogP contribution in [-0.2, 0) is 13.0 Å². The Morgan fingerprint density at radius 2 is 1.79 bits per heavy atom. The van der Waals surface area contributed by atoms with Crippen molar-refractivity contribution in [1.29, 1.82) is 0 Å². The van der Waals surface area contributed by atoms with E-state index in [9.17, 15) is 4.79 Å². The van der Waals surface area contributed by atoms with Gasteiger partial charge in [-0.3, -0.25) is 4.90 Å². The molecule has 33 heavy (non-hydrogen) atoms. The predicted molar refractivity (Wildman–Crippen MR) is 129 cm³/mol. The van der Waals surface area contributed by atoms with Crippen molar-refractivity contribution >= 4 is 11.7 Å². The molecule has 2 amide bonds. The van der Waals surface area contributed by atoms with Crippen LogP contribution < -0.4 is 19.7 Å². The molecule has 3 heterocycles. The highest BCUT2D eigenvalue weighted by Gasteiger charge is 2.26. The number of nitrogens with zero attached hydrogens (tertiary/aromatic N) is 3. The molecule has 2 aromatic carbocycles.